The van der Waals surface area contributed by atoms with Gasteiger partial charge in [0.15, 0.2) is 0 Å². The van der Waals surface area contributed by atoms with Crippen molar-refractivity contribution in [2.75, 3.05) is 25.0 Å². The molecule has 1 aliphatic rings. The number of urea groups is 1. The molecule has 0 aromatic carbocycles. The van der Waals surface area contributed by atoms with Crippen molar-refractivity contribution >= 4 is 29.4 Å². The van der Waals surface area contributed by atoms with Gasteiger partial charge >= 0.3 is 6.03 Å². The molecule has 0 bridgehead atoms. The van der Waals surface area contributed by atoms with Gasteiger partial charge in [0.25, 0.3) is 0 Å². The lowest BCUT2D eigenvalue weighted by atomic mass is 9.97. The van der Waals surface area contributed by atoms with Crippen molar-refractivity contribution in [3.8, 4) is 0 Å². The van der Waals surface area contributed by atoms with Gasteiger partial charge in [-0.25, -0.2) is 9.78 Å². The summed E-state index contributed by atoms with van der Waals surface area (Å²) in [5, 5.41) is 6.00. The fraction of sp³-hybridized carbons (Fsp3) is 0.400. The van der Waals surface area contributed by atoms with Gasteiger partial charge in [-0.1, -0.05) is 17.7 Å². The molecular weight excluding hydrogens is 304 g/mol. The molecule has 3 amide bonds. The smallest absolute Gasteiger partial charge is 0.317 e. The van der Waals surface area contributed by atoms with Gasteiger partial charge in [-0.05, 0) is 25.0 Å². The quantitative estimate of drug-likeness (QED) is 0.835. The van der Waals surface area contributed by atoms with E-state index in [1.54, 1.807) is 23.1 Å². The fourth-order valence-electron chi connectivity index (χ4n) is 2.32. The van der Waals surface area contributed by atoms with Crippen LogP contribution in [0.15, 0.2) is 31.0 Å². The van der Waals surface area contributed by atoms with Gasteiger partial charge in [-0.2, -0.15) is 0 Å². The number of carbonyl (C=O) groups excluding carboxylic acids is 2. The zero-order valence-corrected chi connectivity index (χ0v) is 13.0. The molecule has 118 valence electrons. The Labute approximate surface area is 134 Å². The van der Waals surface area contributed by atoms with Crippen LogP contribution >= 0.6 is 11.6 Å². The van der Waals surface area contributed by atoms with Gasteiger partial charge < -0.3 is 15.5 Å². The number of halogens is 1. The number of hydrogen-bond donors (Lipinski definition) is 2. The van der Waals surface area contributed by atoms with E-state index in [0.29, 0.717) is 30.5 Å². The number of likely N-dealkylation sites (tertiary alicyclic amines) is 1. The third kappa shape index (κ3) is 4.46. The summed E-state index contributed by atoms with van der Waals surface area (Å²) in [6, 6.07) is 3.15. The Morgan fingerprint density at radius 3 is 3.00 bits per heavy atom. The minimum Gasteiger partial charge on any atom is -0.335 e. The molecule has 2 N–H and O–H groups in total. The lowest BCUT2D eigenvalue weighted by Crippen LogP contribution is -2.47. The maximum absolute atomic E-state index is 12.3. The van der Waals surface area contributed by atoms with E-state index in [4.69, 9.17) is 11.6 Å². The number of rotatable bonds is 4. The van der Waals surface area contributed by atoms with Crippen molar-refractivity contribution in [1.82, 2.24) is 15.2 Å². The summed E-state index contributed by atoms with van der Waals surface area (Å²) in [5.41, 5.74) is 0. The van der Waals surface area contributed by atoms with Gasteiger partial charge in [0.05, 0.1) is 10.9 Å². The van der Waals surface area contributed by atoms with Crippen LogP contribution in [-0.2, 0) is 4.79 Å². The number of pyridine rings is 1. The zero-order valence-electron chi connectivity index (χ0n) is 12.2. The number of nitrogens with zero attached hydrogens (tertiary/aromatic N) is 2. The predicted molar refractivity (Wildman–Crippen MR) is 85.8 cm³/mol. The van der Waals surface area contributed by atoms with Gasteiger partial charge in [0.1, 0.15) is 5.82 Å². The molecule has 1 saturated heterocycles. The van der Waals surface area contributed by atoms with E-state index in [-0.39, 0.29) is 17.9 Å². The summed E-state index contributed by atoms with van der Waals surface area (Å²) in [6.07, 6.45) is 4.66. The molecule has 7 heteroatoms. The average molecular weight is 323 g/mol. The minimum atomic E-state index is -0.235. The number of aromatic nitrogens is 1. The number of hydrogen-bond acceptors (Lipinski definition) is 3. The maximum Gasteiger partial charge on any atom is 0.317 e. The van der Waals surface area contributed by atoms with Crippen LogP contribution in [0.1, 0.15) is 12.8 Å². The highest BCUT2D eigenvalue weighted by molar-refractivity contribution is 6.30. The van der Waals surface area contributed by atoms with Crippen LogP contribution in [0.25, 0.3) is 0 Å². The van der Waals surface area contributed by atoms with E-state index < -0.39 is 0 Å². The number of nitrogens with one attached hydrogen (secondary N) is 2. The summed E-state index contributed by atoms with van der Waals surface area (Å²) >= 11 is 5.76. The van der Waals surface area contributed by atoms with Gasteiger partial charge in [-0.3, -0.25) is 4.79 Å². The first-order valence-corrected chi connectivity index (χ1v) is 7.54. The third-order valence-corrected chi connectivity index (χ3v) is 3.68. The molecule has 0 spiro atoms. The van der Waals surface area contributed by atoms with Crippen LogP contribution in [0.5, 0.6) is 0 Å². The predicted octanol–water partition coefficient (Wildman–Crippen LogP) is 2.28. The van der Waals surface area contributed by atoms with Crippen molar-refractivity contribution < 1.29 is 9.59 Å². The van der Waals surface area contributed by atoms with Crippen molar-refractivity contribution in [3.63, 3.8) is 0 Å². The largest absolute Gasteiger partial charge is 0.335 e. The number of amides is 3. The SMILES string of the molecule is C=CCNC(=O)N1CCCC(C(=O)Nc2ccc(Cl)cn2)C1. The van der Waals surface area contributed by atoms with Crippen molar-refractivity contribution in [2.45, 2.75) is 12.8 Å². The number of piperidine rings is 1. The molecule has 1 fully saturated rings. The monoisotopic (exact) mass is 322 g/mol. The summed E-state index contributed by atoms with van der Waals surface area (Å²) in [5.74, 6) is 0.0967. The highest BCUT2D eigenvalue weighted by atomic mass is 35.5. The second kappa shape index (κ2) is 7.79. The summed E-state index contributed by atoms with van der Waals surface area (Å²) in [6.45, 7) is 5.04. The molecule has 0 radical (unpaired) electrons. The molecule has 0 aliphatic carbocycles. The number of anilines is 1. The second-order valence-electron chi connectivity index (χ2n) is 5.11. The topological polar surface area (TPSA) is 74.3 Å². The highest BCUT2D eigenvalue weighted by Crippen LogP contribution is 2.19. The minimum absolute atomic E-state index is 0.129. The molecule has 0 saturated carbocycles. The Kier molecular flexibility index (Phi) is 5.77. The molecule has 1 atom stereocenters. The Morgan fingerprint density at radius 1 is 1.50 bits per heavy atom. The van der Waals surface area contributed by atoms with Crippen molar-refractivity contribution in [2.24, 2.45) is 5.92 Å². The van der Waals surface area contributed by atoms with Crippen LogP contribution in [0.4, 0.5) is 10.6 Å². The first-order valence-electron chi connectivity index (χ1n) is 7.16. The molecule has 1 aliphatic heterocycles. The van der Waals surface area contributed by atoms with Crippen molar-refractivity contribution in [1.29, 1.82) is 0 Å². The van der Waals surface area contributed by atoms with E-state index >= 15 is 0 Å². The van der Waals surface area contributed by atoms with E-state index in [1.165, 1.54) is 6.20 Å². The van der Waals surface area contributed by atoms with Crippen LogP contribution in [0, 0.1) is 5.92 Å². The Morgan fingerprint density at radius 2 is 2.32 bits per heavy atom. The van der Waals surface area contributed by atoms with Crippen LogP contribution < -0.4 is 10.6 Å². The Balaban J connectivity index is 1.90. The first kappa shape index (κ1) is 16.3. The first-order chi connectivity index (χ1) is 10.6. The molecule has 22 heavy (non-hydrogen) atoms. The standard InChI is InChI=1S/C15H19ClN4O2/c1-2-7-17-15(22)20-8-3-4-11(10-20)14(21)19-13-6-5-12(16)9-18-13/h2,5-6,9,11H,1,3-4,7-8,10H2,(H,17,22)(H,18,19,21). The molecule has 6 nitrogen and oxygen atoms in total. The number of carbonyl (C=O) groups is 2. The fourth-order valence-corrected chi connectivity index (χ4v) is 2.44. The van der Waals surface area contributed by atoms with Crippen LogP contribution in [0.3, 0.4) is 0 Å². The van der Waals surface area contributed by atoms with E-state index in [9.17, 15) is 9.59 Å². The molecule has 2 heterocycles. The van der Waals surface area contributed by atoms with Gasteiger partial charge in [-0.15, -0.1) is 6.58 Å². The molecule has 1 aromatic heterocycles. The van der Waals surface area contributed by atoms with Crippen LogP contribution in [0.2, 0.25) is 5.02 Å². The maximum atomic E-state index is 12.3. The molecule has 1 aromatic rings. The van der Waals surface area contributed by atoms with Gasteiger partial charge in [0.2, 0.25) is 5.91 Å². The molecule has 1 unspecified atom stereocenters. The lowest BCUT2D eigenvalue weighted by molar-refractivity contribution is -0.121. The van der Waals surface area contributed by atoms with E-state index in [2.05, 4.69) is 22.2 Å². The van der Waals surface area contributed by atoms with Crippen LogP contribution in [-0.4, -0.2) is 41.5 Å². The summed E-state index contributed by atoms with van der Waals surface area (Å²) in [4.78, 5) is 29.9. The zero-order chi connectivity index (χ0) is 15.9. The Bertz CT molecular complexity index is 547. The van der Waals surface area contributed by atoms with Crippen molar-refractivity contribution in [3.05, 3.63) is 36.0 Å². The Hall–Kier alpha value is -2.08. The molecule has 2 rings (SSSR count). The van der Waals surface area contributed by atoms with Gasteiger partial charge in [0, 0.05) is 25.8 Å². The highest BCUT2D eigenvalue weighted by Gasteiger charge is 2.28. The van der Waals surface area contributed by atoms with E-state index in [0.717, 1.165) is 12.8 Å². The summed E-state index contributed by atoms with van der Waals surface area (Å²) < 4.78 is 0. The average Bonchev–Trinajstić information content (AvgIpc) is 2.54. The molecular formula is C15H19ClN4O2. The lowest BCUT2D eigenvalue weighted by Gasteiger charge is -2.31. The third-order valence-electron chi connectivity index (χ3n) is 3.46. The second-order valence-corrected chi connectivity index (χ2v) is 5.55. The van der Waals surface area contributed by atoms with E-state index in [1.807, 2.05) is 0 Å². The normalized spacial score (nSPS) is 17.7. The summed E-state index contributed by atoms with van der Waals surface area (Å²) in [7, 11) is 0.